The molecule has 0 unspecified atom stereocenters. The smallest absolute Gasteiger partial charge is 0.257 e. The summed E-state index contributed by atoms with van der Waals surface area (Å²) in [5.41, 5.74) is 4.73. The lowest BCUT2D eigenvalue weighted by Crippen LogP contribution is -2.13. The quantitative estimate of drug-likeness (QED) is 0.756. The monoisotopic (exact) mass is 302 g/mol. The zero-order valence-electron chi connectivity index (χ0n) is 10.7. The number of rotatable bonds is 2. The van der Waals surface area contributed by atoms with Crippen LogP contribution in [-0.4, -0.2) is 10.9 Å². The Labute approximate surface area is 125 Å². The highest BCUT2D eigenvalue weighted by Crippen LogP contribution is 2.24. The highest BCUT2D eigenvalue weighted by molar-refractivity contribution is 7.16. The Morgan fingerprint density at radius 3 is 3.00 bits per heavy atom. The third-order valence-electron chi connectivity index (χ3n) is 3.05. The SMILES string of the molecule is Cc1ccc(Cl)cc1NC(=O)c1cccc2scnc12. The van der Waals surface area contributed by atoms with Crippen LogP contribution in [0.15, 0.2) is 41.9 Å². The number of nitrogens with zero attached hydrogens (tertiary/aromatic N) is 1. The summed E-state index contributed by atoms with van der Waals surface area (Å²) in [5.74, 6) is -0.174. The largest absolute Gasteiger partial charge is 0.322 e. The maximum absolute atomic E-state index is 12.4. The summed E-state index contributed by atoms with van der Waals surface area (Å²) in [6, 6.07) is 11.0. The van der Waals surface area contributed by atoms with Gasteiger partial charge in [0, 0.05) is 10.7 Å². The van der Waals surface area contributed by atoms with E-state index < -0.39 is 0 Å². The van der Waals surface area contributed by atoms with E-state index in [9.17, 15) is 4.79 Å². The van der Waals surface area contributed by atoms with E-state index in [0.717, 1.165) is 21.5 Å². The van der Waals surface area contributed by atoms with Crippen molar-refractivity contribution in [3.05, 3.63) is 58.1 Å². The maximum Gasteiger partial charge on any atom is 0.257 e. The number of halogens is 1. The van der Waals surface area contributed by atoms with Gasteiger partial charge < -0.3 is 5.32 Å². The van der Waals surface area contributed by atoms with Crippen LogP contribution < -0.4 is 5.32 Å². The van der Waals surface area contributed by atoms with Gasteiger partial charge in [-0.1, -0.05) is 23.7 Å². The van der Waals surface area contributed by atoms with E-state index in [-0.39, 0.29) is 5.91 Å². The van der Waals surface area contributed by atoms with Crippen LogP contribution in [0.4, 0.5) is 5.69 Å². The lowest BCUT2D eigenvalue weighted by molar-refractivity contribution is 0.102. The average molecular weight is 303 g/mol. The van der Waals surface area contributed by atoms with Crippen molar-refractivity contribution in [1.29, 1.82) is 0 Å². The molecule has 5 heteroatoms. The molecular formula is C15H11ClN2OS. The van der Waals surface area contributed by atoms with Crippen LogP contribution in [-0.2, 0) is 0 Å². The summed E-state index contributed by atoms with van der Waals surface area (Å²) < 4.78 is 1.00. The molecule has 20 heavy (non-hydrogen) atoms. The van der Waals surface area contributed by atoms with Gasteiger partial charge in [-0.05, 0) is 36.8 Å². The topological polar surface area (TPSA) is 42.0 Å². The number of hydrogen-bond donors (Lipinski definition) is 1. The number of anilines is 1. The molecule has 0 saturated carbocycles. The van der Waals surface area contributed by atoms with E-state index in [1.165, 1.54) is 11.3 Å². The van der Waals surface area contributed by atoms with Crippen LogP contribution in [0.5, 0.6) is 0 Å². The van der Waals surface area contributed by atoms with E-state index in [1.807, 2.05) is 25.1 Å². The summed E-state index contributed by atoms with van der Waals surface area (Å²) in [6.45, 7) is 1.93. The number of amides is 1. The Balaban J connectivity index is 1.97. The summed E-state index contributed by atoms with van der Waals surface area (Å²) in [7, 11) is 0. The molecule has 0 fully saturated rings. The molecule has 3 nitrogen and oxygen atoms in total. The van der Waals surface area contributed by atoms with Gasteiger partial charge in [-0.3, -0.25) is 4.79 Å². The summed E-state index contributed by atoms with van der Waals surface area (Å²) in [4.78, 5) is 16.7. The number of aromatic nitrogens is 1. The summed E-state index contributed by atoms with van der Waals surface area (Å²) in [5, 5.41) is 3.49. The number of fused-ring (bicyclic) bond motifs is 1. The normalized spacial score (nSPS) is 10.7. The molecule has 100 valence electrons. The number of aryl methyl sites for hydroxylation is 1. The molecule has 0 atom stereocenters. The van der Waals surface area contributed by atoms with Crippen LogP contribution in [0, 0.1) is 6.92 Å². The Morgan fingerprint density at radius 1 is 1.30 bits per heavy atom. The number of thiazole rings is 1. The fourth-order valence-corrected chi connectivity index (χ4v) is 2.86. The predicted octanol–water partition coefficient (Wildman–Crippen LogP) is 4.51. The Kier molecular flexibility index (Phi) is 3.42. The van der Waals surface area contributed by atoms with Gasteiger partial charge in [-0.25, -0.2) is 4.98 Å². The second kappa shape index (κ2) is 5.23. The van der Waals surface area contributed by atoms with Crippen molar-refractivity contribution in [2.75, 3.05) is 5.32 Å². The molecule has 3 aromatic rings. The lowest BCUT2D eigenvalue weighted by Gasteiger charge is -2.09. The molecule has 0 saturated heterocycles. The van der Waals surface area contributed by atoms with Crippen molar-refractivity contribution in [3.8, 4) is 0 Å². The van der Waals surface area contributed by atoms with Crippen molar-refractivity contribution in [1.82, 2.24) is 4.98 Å². The molecule has 0 radical (unpaired) electrons. The number of nitrogens with one attached hydrogen (secondary N) is 1. The Hall–Kier alpha value is -1.91. The first-order valence-corrected chi connectivity index (χ1v) is 7.30. The highest BCUT2D eigenvalue weighted by Gasteiger charge is 2.13. The number of hydrogen-bond acceptors (Lipinski definition) is 3. The van der Waals surface area contributed by atoms with Crippen molar-refractivity contribution in [2.45, 2.75) is 6.92 Å². The summed E-state index contributed by atoms with van der Waals surface area (Å²) in [6.07, 6.45) is 0. The highest BCUT2D eigenvalue weighted by atomic mass is 35.5. The number of benzene rings is 2. The third kappa shape index (κ3) is 2.40. The first-order valence-electron chi connectivity index (χ1n) is 6.05. The minimum atomic E-state index is -0.174. The first kappa shape index (κ1) is 13.1. The van der Waals surface area contributed by atoms with Gasteiger partial charge in [0.1, 0.15) is 0 Å². The fraction of sp³-hybridized carbons (Fsp3) is 0.0667. The van der Waals surface area contributed by atoms with E-state index in [1.54, 1.807) is 23.7 Å². The van der Waals surface area contributed by atoms with E-state index in [0.29, 0.717) is 10.6 Å². The third-order valence-corrected chi connectivity index (χ3v) is 4.08. The fourth-order valence-electron chi connectivity index (χ4n) is 1.99. The second-order valence-electron chi connectivity index (χ2n) is 4.42. The molecule has 1 amide bonds. The molecule has 0 spiro atoms. The minimum Gasteiger partial charge on any atom is -0.322 e. The number of carbonyl (C=O) groups excluding carboxylic acids is 1. The van der Waals surface area contributed by atoms with Crippen LogP contribution in [0.1, 0.15) is 15.9 Å². The molecule has 0 bridgehead atoms. The molecule has 0 aliphatic heterocycles. The minimum absolute atomic E-state index is 0.174. The van der Waals surface area contributed by atoms with Crippen molar-refractivity contribution >= 4 is 44.7 Å². The molecule has 2 aromatic carbocycles. The molecule has 0 aliphatic rings. The molecule has 3 rings (SSSR count). The zero-order valence-corrected chi connectivity index (χ0v) is 12.3. The van der Waals surface area contributed by atoms with Crippen molar-refractivity contribution < 1.29 is 4.79 Å². The van der Waals surface area contributed by atoms with Crippen LogP contribution in [0.2, 0.25) is 5.02 Å². The molecular weight excluding hydrogens is 292 g/mol. The van der Waals surface area contributed by atoms with Gasteiger partial charge in [0.15, 0.2) is 0 Å². The maximum atomic E-state index is 12.4. The van der Waals surface area contributed by atoms with Crippen molar-refractivity contribution in [3.63, 3.8) is 0 Å². The van der Waals surface area contributed by atoms with Gasteiger partial charge in [-0.15, -0.1) is 11.3 Å². The second-order valence-corrected chi connectivity index (χ2v) is 5.74. The van der Waals surface area contributed by atoms with Crippen LogP contribution >= 0.6 is 22.9 Å². The Morgan fingerprint density at radius 2 is 2.15 bits per heavy atom. The van der Waals surface area contributed by atoms with E-state index in [4.69, 9.17) is 11.6 Å². The van der Waals surface area contributed by atoms with Gasteiger partial charge in [0.25, 0.3) is 5.91 Å². The number of para-hydroxylation sites is 1. The van der Waals surface area contributed by atoms with Gasteiger partial charge in [0.05, 0.1) is 21.3 Å². The van der Waals surface area contributed by atoms with E-state index >= 15 is 0 Å². The zero-order chi connectivity index (χ0) is 14.1. The lowest BCUT2D eigenvalue weighted by atomic mass is 10.1. The molecule has 0 aliphatic carbocycles. The van der Waals surface area contributed by atoms with Gasteiger partial charge >= 0.3 is 0 Å². The first-order chi connectivity index (χ1) is 9.65. The summed E-state index contributed by atoms with van der Waals surface area (Å²) >= 11 is 7.48. The van der Waals surface area contributed by atoms with Gasteiger partial charge in [0.2, 0.25) is 0 Å². The van der Waals surface area contributed by atoms with Crippen LogP contribution in [0.3, 0.4) is 0 Å². The van der Waals surface area contributed by atoms with Gasteiger partial charge in [-0.2, -0.15) is 0 Å². The van der Waals surface area contributed by atoms with E-state index in [2.05, 4.69) is 10.3 Å². The molecule has 1 N–H and O–H groups in total. The average Bonchev–Trinajstić information content (AvgIpc) is 2.91. The van der Waals surface area contributed by atoms with Crippen molar-refractivity contribution in [2.24, 2.45) is 0 Å². The molecule has 1 heterocycles. The van der Waals surface area contributed by atoms with Crippen LogP contribution in [0.25, 0.3) is 10.2 Å². The standard InChI is InChI=1S/C15H11ClN2OS/c1-9-5-6-10(16)7-12(9)18-15(19)11-3-2-4-13-14(11)17-8-20-13/h2-8H,1H3,(H,18,19). The number of carbonyl (C=O) groups is 1. The molecule has 1 aromatic heterocycles. The predicted molar refractivity (Wildman–Crippen MR) is 83.8 cm³/mol. The Bertz CT molecular complexity index is 797.